The lowest BCUT2D eigenvalue weighted by Crippen LogP contribution is -2.12. The molecular formula is C12H13BrN2O. The first kappa shape index (κ1) is 11.3. The van der Waals surface area contributed by atoms with Gasteiger partial charge in [0.15, 0.2) is 0 Å². The van der Waals surface area contributed by atoms with Crippen molar-refractivity contribution in [1.29, 1.82) is 0 Å². The number of aromatic amines is 1. The molecular weight excluding hydrogens is 268 g/mol. The third kappa shape index (κ3) is 2.02. The molecule has 3 nitrogen and oxygen atoms in total. The van der Waals surface area contributed by atoms with Crippen LogP contribution in [0.25, 0.3) is 11.0 Å². The zero-order valence-corrected chi connectivity index (χ0v) is 10.8. The minimum Gasteiger partial charge on any atom is -0.320 e. The Bertz CT molecular complexity index is 575. The summed E-state index contributed by atoms with van der Waals surface area (Å²) in [4.78, 5) is 19.0. The highest BCUT2D eigenvalue weighted by Gasteiger charge is 2.08. The average Bonchev–Trinajstić information content (AvgIpc) is 2.27. The van der Waals surface area contributed by atoms with Crippen LogP contribution in [0, 0.1) is 0 Å². The average molecular weight is 281 g/mol. The van der Waals surface area contributed by atoms with Gasteiger partial charge in [-0.05, 0) is 31.0 Å². The van der Waals surface area contributed by atoms with Crippen molar-refractivity contribution in [3.63, 3.8) is 0 Å². The van der Waals surface area contributed by atoms with Crippen LogP contribution in [0.15, 0.2) is 23.1 Å². The summed E-state index contributed by atoms with van der Waals surface area (Å²) in [6.45, 7) is 3.99. The van der Waals surface area contributed by atoms with E-state index < -0.39 is 0 Å². The summed E-state index contributed by atoms with van der Waals surface area (Å²) in [5, 5.41) is 0. The molecule has 2 aromatic rings. The lowest BCUT2D eigenvalue weighted by atomic mass is 10.1. The first-order valence-electron chi connectivity index (χ1n) is 5.27. The molecule has 0 fully saturated rings. The molecule has 0 aromatic carbocycles. The number of aryl methyl sites for hydroxylation is 1. The van der Waals surface area contributed by atoms with Gasteiger partial charge in [0, 0.05) is 16.6 Å². The standard InChI is InChI=1S/C12H13BrN2O/c1-3-8-4-11-10(14-6-8)5-9(7(2)13)12(16)15-11/h4-7H,3H2,1-2H3,(H,15,16). The minimum absolute atomic E-state index is 0.0355. The van der Waals surface area contributed by atoms with E-state index in [0.717, 1.165) is 23.0 Å². The van der Waals surface area contributed by atoms with Gasteiger partial charge in [0.05, 0.1) is 11.0 Å². The van der Waals surface area contributed by atoms with Gasteiger partial charge in [-0.15, -0.1) is 0 Å². The Labute approximate surface area is 102 Å². The van der Waals surface area contributed by atoms with Crippen molar-refractivity contribution in [2.24, 2.45) is 0 Å². The van der Waals surface area contributed by atoms with Gasteiger partial charge < -0.3 is 4.98 Å². The third-order valence-corrected chi connectivity index (χ3v) is 3.11. The van der Waals surface area contributed by atoms with E-state index in [4.69, 9.17) is 0 Å². The number of nitrogens with zero attached hydrogens (tertiary/aromatic N) is 1. The molecule has 4 heteroatoms. The number of H-pyrrole nitrogens is 1. The number of aromatic nitrogens is 2. The summed E-state index contributed by atoms with van der Waals surface area (Å²) in [6.07, 6.45) is 2.77. The number of rotatable bonds is 2. The lowest BCUT2D eigenvalue weighted by molar-refractivity contribution is 1.06. The predicted octanol–water partition coefficient (Wildman–Crippen LogP) is 2.94. The fourth-order valence-corrected chi connectivity index (χ4v) is 1.97. The molecule has 0 spiro atoms. The molecule has 0 radical (unpaired) electrons. The van der Waals surface area contributed by atoms with Crippen LogP contribution in [0.3, 0.4) is 0 Å². The van der Waals surface area contributed by atoms with Crippen LogP contribution in [-0.4, -0.2) is 9.97 Å². The summed E-state index contributed by atoms with van der Waals surface area (Å²) in [7, 11) is 0. The number of alkyl halides is 1. The number of hydrogen-bond donors (Lipinski definition) is 1. The molecule has 2 heterocycles. The number of halogens is 1. The molecule has 2 rings (SSSR count). The van der Waals surface area contributed by atoms with E-state index in [9.17, 15) is 4.79 Å². The minimum atomic E-state index is -0.0491. The molecule has 1 N–H and O–H groups in total. The van der Waals surface area contributed by atoms with E-state index in [1.165, 1.54) is 0 Å². The Hall–Kier alpha value is -1.16. The molecule has 84 valence electrons. The zero-order valence-electron chi connectivity index (χ0n) is 9.25. The number of fused-ring (bicyclic) bond motifs is 1. The zero-order chi connectivity index (χ0) is 11.7. The van der Waals surface area contributed by atoms with Gasteiger partial charge in [0.1, 0.15) is 0 Å². The maximum atomic E-state index is 11.8. The molecule has 0 bridgehead atoms. The largest absolute Gasteiger partial charge is 0.320 e. The monoisotopic (exact) mass is 280 g/mol. The lowest BCUT2D eigenvalue weighted by Gasteiger charge is -2.05. The number of hydrogen-bond acceptors (Lipinski definition) is 2. The van der Waals surface area contributed by atoms with Gasteiger partial charge in [-0.3, -0.25) is 9.78 Å². The molecule has 0 saturated carbocycles. The SMILES string of the molecule is CCc1cnc2cc(C(C)Br)c(=O)[nH]c2c1. The summed E-state index contributed by atoms with van der Waals surface area (Å²) < 4.78 is 0. The molecule has 0 aliphatic carbocycles. The van der Waals surface area contributed by atoms with Crippen molar-refractivity contribution in [2.75, 3.05) is 0 Å². The summed E-state index contributed by atoms with van der Waals surface area (Å²) in [6, 6.07) is 3.82. The van der Waals surface area contributed by atoms with Gasteiger partial charge in [-0.1, -0.05) is 22.9 Å². The van der Waals surface area contributed by atoms with Crippen molar-refractivity contribution < 1.29 is 0 Å². The van der Waals surface area contributed by atoms with Crippen LogP contribution < -0.4 is 5.56 Å². The van der Waals surface area contributed by atoms with E-state index in [-0.39, 0.29) is 10.4 Å². The van der Waals surface area contributed by atoms with Gasteiger partial charge in [0.2, 0.25) is 0 Å². The quantitative estimate of drug-likeness (QED) is 0.860. The maximum Gasteiger partial charge on any atom is 0.252 e. The molecule has 0 aliphatic heterocycles. The highest BCUT2D eigenvalue weighted by atomic mass is 79.9. The fourth-order valence-electron chi connectivity index (χ4n) is 1.63. The molecule has 1 atom stereocenters. The predicted molar refractivity (Wildman–Crippen MR) is 69.1 cm³/mol. The second-order valence-corrected chi connectivity index (χ2v) is 5.17. The number of pyridine rings is 2. The topological polar surface area (TPSA) is 45.8 Å². The first-order valence-corrected chi connectivity index (χ1v) is 6.19. The first-order chi connectivity index (χ1) is 7.61. The van der Waals surface area contributed by atoms with E-state index in [1.807, 2.05) is 25.3 Å². The molecule has 16 heavy (non-hydrogen) atoms. The summed E-state index contributed by atoms with van der Waals surface area (Å²) in [5.41, 5.74) is 3.43. The van der Waals surface area contributed by atoms with E-state index >= 15 is 0 Å². The van der Waals surface area contributed by atoms with Crippen molar-refractivity contribution in [3.05, 3.63) is 39.8 Å². The molecule has 0 aliphatic rings. The Morgan fingerprint density at radius 3 is 2.88 bits per heavy atom. The van der Waals surface area contributed by atoms with Crippen LogP contribution in [0.2, 0.25) is 0 Å². The van der Waals surface area contributed by atoms with Crippen LogP contribution in [-0.2, 0) is 6.42 Å². The molecule has 2 aromatic heterocycles. The van der Waals surface area contributed by atoms with Crippen molar-refractivity contribution in [1.82, 2.24) is 9.97 Å². The van der Waals surface area contributed by atoms with Gasteiger partial charge in [0.25, 0.3) is 5.56 Å². The smallest absolute Gasteiger partial charge is 0.252 e. The highest BCUT2D eigenvalue weighted by molar-refractivity contribution is 9.09. The van der Waals surface area contributed by atoms with Gasteiger partial charge in [-0.2, -0.15) is 0 Å². The van der Waals surface area contributed by atoms with E-state index in [1.54, 1.807) is 0 Å². The Kier molecular flexibility index (Phi) is 3.10. The molecule has 0 saturated heterocycles. The van der Waals surface area contributed by atoms with Crippen molar-refractivity contribution in [3.8, 4) is 0 Å². The Morgan fingerprint density at radius 2 is 2.25 bits per heavy atom. The third-order valence-electron chi connectivity index (χ3n) is 2.61. The van der Waals surface area contributed by atoms with Crippen LogP contribution >= 0.6 is 15.9 Å². The number of nitrogens with one attached hydrogen (secondary N) is 1. The molecule has 1 unspecified atom stereocenters. The summed E-state index contributed by atoms with van der Waals surface area (Å²) >= 11 is 3.40. The summed E-state index contributed by atoms with van der Waals surface area (Å²) in [5.74, 6) is 0. The van der Waals surface area contributed by atoms with Crippen LogP contribution in [0.1, 0.15) is 29.8 Å². The van der Waals surface area contributed by atoms with Crippen LogP contribution in [0.5, 0.6) is 0 Å². The highest BCUT2D eigenvalue weighted by Crippen LogP contribution is 2.20. The normalized spacial score (nSPS) is 12.9. The Balaban J connectivity index is 2.69. The second kappa shape index (κ2) is 4.37. The molecule has 0 amide bonds. The second-order valence-electron chi connectivity index (χ2n) is 3.80. The fraction of sp³-hybridized carbons (Fsp3) is 0.333. The van der Waals surface area contributed by atoms with E-state index in [0.29, 0.717) is 5.56 Å². The van der Waals surface area contributed by atoms with Gasteiger partial charge >= 0.3 is 0 Å². The maximum absolute atomic E-state index is 11.8. The van der Waals surface area contributed by atoms with Crippen molar-refractivity contribution >= 4 is 27.0 Å². The van der Waals surface area contributed by atoms with E-state index in [2.05, 4.69) is 32.8 Å². The van der Waals surface area contributed by atoms with Crippen LogP contribution in [0.4, 0.5) is 0 Å². The Morgan fingerprint density at radius 1 is 1.50 bits per heavy atom. The van der Waals surface area contributed by atoms with Gasteiger partial charge in [-0.25, -0.2) is 0 Å². The van der Waals surface area contributed by atoms with Crippen molar-refractivity contribution in [2.45, 2.75) is 25.1 Å².